The van der Waals surface area contributed by atoms with E-state index < -0.39 is 0 Å². The van der Waals surface area contributed by atoms with E-state index in [1.807, 2.05) is 6.08 Å². The Morgan fingerprint density at radius 2 is 2.30 bits per heavy atom. The summed E-state index contributed by atoms with van der Waals surface area (Å²) in [5, 5.41) is 0. The fourth-order valence-electron chi connectivity index (χ4n) is 0.680. The molecule has 1 unspecified atom stereocenters. The predicted octanol–water partition coefficient (Wildman–Crippen LogP) is 1.46. The van der Waals surface area contributed by atoms with Gasteiger partial charge in [-0.05, 0) is 19.8 Å². The zero-order valence-corrected chi connectivity index (χ0v) is 6.98. The topological polar surface area (TPSA) is 24.1 Å². The van der Waals surface area contributed by atoms with Crippen molar-refractivity contribution in [2.45, 2.75) is 32.7 Å². The van der Waals surface area contributed by atoms with Crippen molar-refractivity contribution in [1.82, 2.24) is 10.9 Å². The van der Waals surface area contributed by atoms with Gasteiger partial charge in [0.25, 0.3) is 0 Å². The minimum Gasteiger partial charge on any atom is -0.258 e. The minimum absolute atomic E-state index is 0.490. The van der Waals surface area contributed by atoms with Gasteiger partial charge in [-0.1, -0.05) is 13.0 Å². The molecule has 0 aromatic heterocycles. The van der Waals surface area contributed by atoms with Crippen LogP contribution in [0.15, 0.2) is 12.7 Å². The highest BCUT2D eigenvalue weighted by Gasteiger charge is 1.94. The Morgan fingerprint density at radius 3 is 2.80 bits per heavy atom. The minimum atomic E-state index is 0.490. The first-order valence-electron chi connectivity index (χ1n) is 3.90. The summed E-state index contributed by atoms with van der Waals surface area (Å²) < 4.78 is 0. The van der Waals surface area contributed by atoms with Crippen LogP contribution in [0.1, 0.15) is 26.7 Å². The normalized spacial score (nSPS) is 13.0. The van der Waals surface area contributed by atoms with Crippen molar-refractivity contribution in [2.24, 2.45) is 0 Å². The molecule has 0 rings (SSSR count). The van der Waals surface area contributed by atoms with E-state index in [2.05, 4.69) is 31.3 Å². The van der Waals surface area contributed by atoms with Gasteiger partial charge in [0.15, 0.2) is 0 Å². The number of hydrogen-bond donors (Lipinski definition) is 2. The maximum atomic E-state index is 3.66. The third-order valence-electron chi connectivity index (χ3n) is 1.24. The zero-order valence-electron chi connectivity index (χ0n) is 6.98. The van der Waals surface area contributed by atoms with Crippen LogP contribution in [0.3, 0.4) is 0 Å². The van der Waals surface area contributed by atoms with Gasteiger partial charge in [-0.15, -0.1) is 6.58 Å². The molecular formula is C8H18N2. The molecule has 2 N–H and O–H groups in total. The molecule has 0 bridgehead atoms. The van der Waals surface area contributed by atoms with Crippen LogP contribution < -0.4 is 10.9 Å². The molecule has 0 aliphatic rings. The van der Waals surface area contributed by atoms with Crippen molar-refractivity contribution in [2.75, 3.05) is 6.54 Å². The molecule has 2 nitrogen and oxygen atoms in total. The van der Waals surface area contributed by atoms with Crippen LogP contribution in [-0.2, 0) is 0 Å². The summed E-state index contributed by atoms with van der Waals surface area (Å²) in [6.07, 6.45) is 4.09. The summed E-state index contributed by atoms with van der Waals surface area (Å²) in [6.45, 7) is 8.97. The highest BCUT2D eigenvalue weighted by molar-refractivity contribution is 4.73. The van der Waals surface area contributed by atoms with Gasteiger partial charge in [0.05, 0.1) is 0 Å². The Labute approximate surface area is 63.7 Å². The number of hydrogen-bond acceptors (Lipinski definition) is 2. The molecular weight excluding hydrogens is 124 g/mol. The standard InChI is InChI=1S/C8H18N2/c1-4-6-8(3)10-9-7-5-2/h4,8-10H,1,5-7H2,2-3H3. The number of nitrogens with one attached hydrogen (secondary N) is 2. The van der Waals surface area contributed by atoms with Crippen LogP contribution in [0.25, 0.3) is 0 Å². The molecule has 10 heavy (non-hydrogen) atoms. The summed E-state index contributed by atoms with van der Waals surface area (Å²) in [5.41, 5.74) is 6.29. The fraction of sp³-hybridized carbons (Fsp3) is 0.750. The second kappa shape index (κ2) is 6.78. The Morgan fingerprint density at radius 1 is 1.60 bits per heavy atom. The second-order valence-corrected chi connectivity index (χ2v) is 2.50. The summed E-state index contributed by atoms with van der Waals surface area (Å²) >= 11 is 0. The van der Waals surface area contributed by atoms with Gasteiger partial charge in [-0.3, -0.25) is 10.9 Å². The first-order valence-corrected chi connectivity index (χ1v) is 3.90. The number of rotatable bonds is 6. The van der Waals surface area contributed by atoms with Gasteiger partial charge in [-0.2, -0.15) is 0 Å². The lowest BCUT2D eigenvalue weighted by atomic mass is 10.2. The van der Waals surface area contributed by atoms with Crippen LogP contribution in [0.2, 0.25) is 0 Å². The quantitative estimate of drug-likeness (QED) is 0.333. The molecule has 0 radical (unpaired) electrons. The first kappa shape index (κ1) is 9.66. The van der Waals surface area contributed by atoms with Crippen LogP contribution in [0, 0.1) is 0 Å². The van der Waals surface area contributed by atoms with Crippen molar-refractivity contribution in [3.63, 3.8) is 0 Å². The lowest BCUT2D eigenvalue weighted by Crippen LogP contribution is -2.39. The molecule has 0 amide bonds. The lowest BCUT2D eigenvalue weighted by molar-refractivity contribution is 0.452. The van der Waals surface area contributed by atoms with Gasteiger partial charge in [-0.25, -0.2) is 0 Å². The third kappa shape index (κ3) is 5.79. The monoisotopic (exact) mass is 142 g/mol. The van der Waals surface area contributed by atoms with E-state index in [-0.39, 0.29) is 0 Å². The van der Waals surface area contributed by atoms with E-state index in [0.717, 1.165) is 19.4 Å². The van der Waals surface area contributed by atoms with Crippen LogP contribution in [-0.4, -0.2) is 12.6 Å². The molecule has 60 valence electrons. The molecule has 1 atom stereocenters. The molecule has 0 heterocycles. The van der Waals surface area contributed by atoms with Gasteiger partial charge in [0.1, 0.15) is 0 Å². The van der Waals surface area contributed by atoms with Crippen molar-refractivity contribution in [3.8, 4) is 0 Å². The van der Waals surface area contributed by atoms with E-state index in [1.165, 1.54) is 0 Å². The molecule has 0 aromatic rings. The molecule has 0 saturated carbocycles. The average Bonchev–Trinajstić information content (AvgIpc) is 1.89. The van der Waals surface area contributed by atoms with Crippen molar-refractivity contribution < 1.29 is 0 Å². The van der Waals surface area contributed by atoms with E-state index in [4.69, 9.17) is 0 Å². The summed E-state index contributed by atoms with van der Waals surface area (Å²) in [6, 6.07) is 0.490. The van der Waals surface area contributed by atoms with E-state index in [1.54, 1.807) is 0 Å². The molecule has 0 aromatic carbocycles. The molecule has 0 fully saturated rings. The smallest absolute Gasteiger partial charge is 0.0219 e. The van der Waals surface area contributed by atoms with E-state index in [9.17, 15) is 0 Å². The maximum Gasteiger partial charge on any atom is 0.0219 e. The van der Waals surface area contributed by atoms with Gasteiger partial charge in [0, 0.05) is 12.6 Å². The summed E-state index contributed by atoms with van der Waals surface area (Å²) in [5.74, 6) is 0. The van der Waals surface area contributed by atoms with Gasteiger partial charge in [0.2, 0.25) is 0 Å². The van der Waals surface area contributed by atoms with E-state index >= 15 is 0 Å². The van der Waals surface area contributed by atoms with Crippen molar-refractivity contribution in [1.29, 1.82) is 0 Å². The summed E-state index contributed by atoms with van der Waals surface area (Å²) in [4.78, 5) is 0. The predicted molar refractivity (Wildman–Crippen MR) is 45.7 cm³/mol. The van der Waals surface area contributed by atoms with Gasteiger partial charge < -0.3 is 0 Å². The zero-order chi connectivity index (χ0) is 7.82. The SMILES string of the molecule is C=CCC(C)NNCCC. The van der Waals surface area contributed by atoms with E-state index in [0.29, 0.717) is 6.04 Å². The molecule has 0 aliphatic heterocycles. The Bertz CT molecular complexity index is 81.3. The molecule has 0 spiro atoms. The Hall–Kier alpha value is -0.340. The molecule has 2 heteroatoms. The first-order chi connectivity index (χ1) is 4.81. The molecule has 0 saturated heterocycles. The highest BCUT2D eigenvalue weighted by atomic mass is 15.4. The van der Waals surface area contributed by atoms with Crippen molar-refractivity contribution in [3.05, 3.63) is 12.7 Å². The second-order valence-electron chi connectivity index (χ2n) is 2.50. The van der Waals surface area contributed by atoms with Crippen LogP contribution in [0.4, 0.5) is 0 Å². The van der Waals surface area contributed by atoms with Gasteiger partial charge >= 0.3 is 0 Å². The van der Waals surface area contributed by atoms with Crippen LogP contribution >= 0.6 is 0 Å². The Kier molecular flexibility index (Phi) is 6.55. The number of hydrazine groups is 1. The van der Waals surface area contributed by atoms with Crippen molar-refractivity contribution >= 4 is 0 Å². The Balaban J connectivity index is 3.04. The molecule has 0 aliphatic carbocycles. The third-order valence-corrected chi connectivity index (χ3v) is 1.24. The largest absolute Gasteiger partial charge is 0.258 e. The lowest BCUT2D eigenvalue weighted by Gasteiger charge is -2.11. The highest BCUT2D eigenvalue weighted by Crippen LogP contribution is 1.87. The fourth-order valence-corrected chi connectivity index (χ4v) is 0.680. The van der Waals surface area contributed by atoms with Crippen LogP contribution in [0.5, 0.6) is 0 Å². The maximum absolute atomic E-state index is 3.66. The summed E-state index contributed by atoms with van der Waals surface area (Å²) in [7, 11) is 0. The average molecular weight is 142 g/mol.